The lowest BCUT2D eigenvalue weighted by molar-refractivity contribution is 0.0964. The first-order chi connectivity index (χ1) is 10.0. The second-order valence-electron chi connectivity index (χ2n) is 4.35. The molecule has 0 bridgehead atoms. The number of benzene rings is 2. The highest BCUT2D eigenvalue weighted by Gasteiger charge is 2.12. The summed E-state index contributed by atoms with van der Waals surface area (Å²) in [6.07, 6.45) is 0. The number of hydrogen-bond donors (Lipinski definition) is 3. The van der Waals surface area contributed by atoms with Gasteiger partial charge in [-0.05, 0) is 36.4 Å². The second kappa shape index (κ2) is 6.49. The van der Waals surface area contributed by atoms with E-state index in [0.717, 1.165) is 10.2 Å². The maximum atomic E-state index is 11.9. The first-order valence-corrected chi connectivity index (χ1v) is 7.06. The fraction of sp³-hybridized carbons (Fsp3) is 0.133. The maximum Gasteiger partial charge on any atom is 0.253 e. The highest BCUT2D eigenvalue weighted by atomic mass is 79.9. The smallest absolute Gasteiger partial charge is 0.253 e. The first-order valence-electron chi connectivity index (χ1n) is 6.27. The fourth-order valence-electron chi connectivity index (χ4n) is 1.92. The number of amides is 1. The summed E-state index contributed by atoms with van der Waals surface area (Å²) in [6.45, 7) is 0. The molecule has 0 saturated heterocycles. The third-order valence-corrected chi connectivity index (χ3v) is 3.44. The Hall–Kier alpha value is -2.21. The number of nitrogens with two attached hydrogens (primary N) is 1. The van der Waals surface area contributed by atoms with Crippen molar-refractivity contribution in [2.24, 2.45) is 0 Å². The van der Waals surface area contributed by atoms with Crippen LogP contribution in [0.3, 0.4) is 0 Å². The number of methoxy groups -OCH3 is 1. The number of hydrogen-bond acceptors (Lipinski definition) is 4. The molecule has 0 radical (unpaired) electrons. The van der Waals surface area contributed by atoms with Crippen LogP contribution in [0.4, 0.5) is 17.1 Å². The van der Waals surface area contributed by atoms with Crippen molar-refractivity contribution < 1.29 is 9.53 Å². The molecule has 6 heteroatoms. The van der Waals surface area contributed by atoms with Crippen molar-refractivity contribution in [3.8, 4) is 5.75 Å². The van der Waals surface area contributed by atoms with Crippen molar-refractivity contribution in [1.29, 1.82) is 0 Å². The number of ether oxygens (including phenoxy) is 1. The molecule has 21 heavy (non-hydrogen) atoms. The minimum atomic E-state index is -0.188. The van der Waals surface area contributed by atoms with Gasteiger partial charge in [-0.3, -0.25) is 4.79 Å². The molecule has 0 unspecified atom stereocenters. The fourth-order valence-corrected chi connectivity index (χ4v) is 2.28. The Morgan fingerprint density at radius 2 is 1.95 bits per heavy atom. The molecule has 2 rings (SSSR count). The zero-order valence-electron chi connectivity index (χ0n) is 11.7. The van der Waals surface area contributed by atoms with E-state index in [1.165, 1.54) is 0 Å². The van der Waals surface area contributed by atoms with Crippen LogP contribution in [-0.2, 0) is 0 Å². The van der Waals surface area contributed by atoms with E-state index in [9.17, 15) is 4.79 Å². The lowest BCUT2D eigenvalue weighted by Gasteiger charge is -2.15. The van der Waals surface area contributed by atoms with E-state index in [0.29, 0.717) is 22.7 Å². The van der Waals surface area contributed by atoms with Gasteiger partial charge in [0, 0.05) is 17.2 Å². The number of carbonyl (C=O) groups is 1. The average molecular weight is 350 g/mol. The molecule has 0 saturated carbocycles. The van der Waals surface area contributed by atoms with Gasteiger partial charge in [-0.25, -0.2) is 0 Å². The molecule has 0 spiro atoms. The number of halogens is 1. The number of rotatable bonds is 4. The number of nitrogen functional groups attached to an aromatic ring is 1. The minimum Gasteiger partial charge on any atom is -0.495 e. The molecule has 4 N–H and O–H groups in total. The Labute approximate surface area is 131 Å². The average Bonchev–Trinajstić information content (AvgIpc) is 2.47. The molecule has 110 valence electrons. The third kappa shape index (κ3) is 3.46. The van der Waals surface area contributed by atoms with Crippen LogP contribution in [-0.4, -0.2) is 20.1 Å². The van der Waals surface area contributed by atoms with E-state index < -0.39 is 0 Å². The monoisotopic (exact) mass is 349 g/mol. The van der Waals surface area contributed by atoms with E-state index in [1.807, 2.05) is 18.2 Å². The Morgan fingerprint density at radius 3 is 2.62 bits per heavy atom. The topological polar surface area (TPSA) is 76.4 Å². The summed E-state index contributed by atoms with van der Waals surface area (Å²) in [7, 11) is 3.18. The van der Waals surface area contributed by atoms with Crippen LogP contribution in [0.15, 0.2) is 40.9 Å². The van der Waals surface area contributed by atoms with Gasteiger partial charge in [0.2, 0.25) is 0 Å². The molecule has 2 aromatic carbocycles. The van der Waals surface area contributed by atoms with Gasteiger partial charge in [-0.15, -0.1) is 0 Å². The summed E-state index contributed by atoms with van der Waals surface area (Å²) in [5, 5.41) is 5.80. The standard InChI is InChI=1S/C15H16BrN3O2/c1-18-15(20)11-5-4-10(17)8-12(11)19-13-7-9(16)3-6-14(13)21-2/h3-8,19H,17H2,1-2H3,(H,18,20). The molecular weight excluding hydrogens is 334 g/mol. The first kappa shape index (κ1) is 15.2. The largest absolute Gasteiger partial charge is 0.495 e. The van der Waals surface area contributed by atoms with Gasteiger partial charge in [0.05, 0.1) is 24.0 Å². The summed E-state index contributed by atoms with van der Waals surface area (Å²) >= 11 is 3.41. The molecule has 0 aromatic heterocycles. The van der Waals surface area contributed by atoms with Crippen LogP contribution in [0.25, 0.3) is 0 Å². The van der Waals surface area contributed by atoms with Crippen LogP contribution in [0.2, 0.25) is 0 Å². The Kier molecular flexibility index (Phi) is 4.70. The van der Waals surface area contributed by atoms with Crippen molar-refractivity contribution in [3.63, 3.8) is 0 Å². The van der Waals surface area contributed by atoms with E-state index >= 15 is 0 Å². The summed E-state index contributed by atoms with van der Waals surface area (Å²) in [6, 6.07) is 10.7. The third-order valence-electron chi connectivity index (χ3n) is 2.95. The highest BCUT2D eigenvalue weighted by Crippen LogP contribution is 2.32. The Morgan fingerprint density at radius 1 is 1.19 bits per heavy atom. The van der Waals surface area contributed by atoms with E-state index in [-0.39, 0.29) is 5.91 Å². The van der Waals surface area contributed by atoms with Gasteiger partial charge in [0.1, 0.15) is 5.75 Å². The van der Waals surface area contributed by atoms with Crippen LogP contribution in [0, 0.1) is 0 Å². The summed E-state index contributed by atoms with van der Waals surface area (Å²) < 4.78 is 6.21. The zero-order valence-corrected chi connectivity index (χ0v) is 13.3. The van der Waals surface area contributed by atoms with Gasteiger partial charge in [-0.2, -0.15) is 0 Å². The zero-order chi connectivity index (χ0) is 15.4. The normalized spacial score (nSPS) is 10.0. The number of carbonyl (C=O) groups excluding carboxylic acids is 1. The van der Waals surface area contributed by atoms with Crippen LogP contribution in [0.5, 0.6) is 5.75 Å². The molecular formula is C15H16BrN3O2. The van der Waals surface area contributed by atoms with Gasteiger partial charge < -0.3 is 21.1 Å². The molecule has 0 fully saturated rings. The van der Waals surface area contributed by atoms with Crippen molar-refractivity contribution in [2.45, 2.75) is 0 Å². The molecule has 0 aliphatic carbocycles. The summed E-state index contributed by atoms with van der Waals surface area (Å²) in [5.74, 6) is 0.481. The van der Waals surface area contributed by atoms with E-state index in [4.69, 9.17) is 10.5 Å². The quantitative estimate of drug-likeness (QED) is 0.741. The van der Waals surface area contributed by atoms with Gasteiger partial charge >= 0.3 is 0 Å². The molecule has 0 atom stereocenters. The second-order valence-corrected chi connectivity index (χ2v) is 5.27. The van der Waals surface area contributed by atoms with Crippen LogP contribution in [0.1, 0.15) is 10.4 Å². The molecule has 2 aromatic rings. The number of nitrogens with one attached hydrogen (secondary N) is 2. The molecule has 0 heterocycles. The van der Waals surface area contributed by atoms with Crippen LogP contribution < -0.4 is 21.1 Å². The molecule has 0 aliphatic heterocycles. The Bertz CT molecular complexity index is 674. The van der Waals surface area contributed by atoms with E-state index in [2.05, 4.69) is 26.6 Å². The van der Waals surface area contributed by atoms with Gasteiger partial charge in [0.25, 0.3) is 5.91 Å². The number of anilines is 3. The SMILES string of the molecule is CNC(=O)c1ccc(N)cc1Nc1cc(Br)ccc1OC. The summed E-state index contributed by atoms with van der Waals surface area (Å²) in [4.78, 5) is 11.9. The minimum absolute atomic E-state index is 0.188. The van der Waals surface area contributed by atoms with Crippen molar-refractivity contribution in [2.75, 3.05) is 25.2 Å². The Balaban J connectivity index is 2.46. The molecule has 5 nitrogen and oxygen atoms in total. The van der Waals surface area contributed by atoms with Crippen molar-refractivity contribution >= 4 is 38.9 Å². The van der Waals surface area contributed by atoms with E-state index in [1.54, 1.807) is 32.4 Å². The van der Waals surface area contributed by atoms with Crippen molar-refractivity contribution in [1.82, 2.24) is 5.32 Å². The van der Waals surface area contributed by atoms with Gasteiger partial charge in [-0.1, -0.05) is 15.9 Å². The lowest BCUT2D eigenvalue weighted by Crippen LogP contribution is -2.19. The van der Waals surface area contributed by atoms with Gasteiger partial charge in [0.15, 0.2) is 0 Å². The predicted molar refractivity (Wildman–Crippen MR) is 88.2 cm³/mol. The predicted octanol–water partition coefficient (Wildman–Crippen LogP) is 3.14. The maximum absolute atomic E-state index is 11.9. The molecule has 0 aliphatic rings. The molecule has 1 amide bonds. The van der Waals surface area contributed by atoms with Crippen molar-refractivity contribution in [3.05, 3.63) is 46.4 Å². The van der Waals surface area contributed by atoms with Crippen LogP contribution >= 0.6 is 15.9 Å². The highest BCUT2D eigenvalue weighted by molar-refractivity contribution is 9.10. The lowest BCUT2D eigenvalue weighted by atomic mass is 10.1. The summed E-state index contributed by atoms with van der Waals surface area (Å²) in [5.41, 5.74) is 8.24.